The molecule has 4 rings (SSSR count). The molecule has 0 aliphatic heterocycles. The van der Waals surface area contributed by atoms with Crippen LogP contribution >= 0.6 is 0 Å². The number of fused-ring (bicyclic) bond motifs is 4. The summed E-state index contributed by atoms with van der Waals surface area (Å²) in [5, 5.41) is 44.2. The summed E-state index contributed by atoms with van der Waals surface area (Å²) in [6.07, 6.45) is -5.22. The topological polar surface area (TPSA) is 80.9 Å². The zero-order chi connectivity index (χ0) is 15.4. The van der Waals surface area contributed by atoms with Crippen LogP contribution in [-0.4, -0.2) is 32.6 Å². The van der Waals surface area contributed by atoms with Crippen LogP contribution in [0.1, 0.15) is 23.3 Å². The molecule has 4 heteroatoms. The Balaban J connectivity index is 2.08. The molecule has 0 saturated heterocycles. The van der Waals surface area contributed by atoms with Crippen molar-refractivity contribution in [2.75, 3.05) is 0 Å². The summed E-state index contributed by atoms with van der Waals surface area (Å²) in [6.45, 7) is 0. The maximum absolute atomic E-state index is 10.4. The molecule has 1 aliphatic rings. The van der Waals surface area contributed by atoms with Crippen molar-refractivity contribution in [2.45, 2.75) is 24.4 Å². The standard InChI is InChI=1S/C18H16O4/c19-15-12-6-5-11-7-9-3-1-2-4-10(9)8-13(11)14(12)16(20)18(22)17(15)21/h1-8,15-22H/t15-,16+,17+,18+/m1/s1. The molecule has 0 spiro atoms. The average Bonchev–Trinajstić information content (AvgIpc) is 2.55. The molecule has 0 heterocycles. The van der Waals surface area contributed by atoms with E-state index in [1.807, 2.05) is 42.5 Å². The molecule has 4 nitrogen and oxygen atoms in total. The van der Waals surface area contributed by atoms with E-state index in [0.717, 1.165) is 21.5 Å². The monoisotopic (exact) mass is 296 g/mol. The van der Waals surface area contributed by atoms with Gasteiger partial charge < -0.3 is 20.4 Å². The molecule has 112 valence electrons. The van der Waals surface area contributed by atoms with Crippen molar-refractivity contribution < 1.29 is 20.4 Å². The largest absolute Gasteiger partial charge is 0.387 e. The predicted molar refractivity (Wildman–Crippen MR) is 83.4 cm³/mol. The molecule has 0 amide bonds. The highest BCUT2D eigenvalue weighted by molar-refractivity contribution is 6.00. The Morgan fingerprint density at radius 2 is 1.27 bits per heavy atom. The lowest BCUT2D eigenvalue weighted by atomic mass is 9.80. The van der Waals surface area contributed by atoms with Gasteiger partial charge in [-0.25, -0.2) is 0 Å². The SMILES string of the molecule is O[C@@H]1[C@@H](O)[C@@H](O)c2c(ccc3cc4ccccc4cc23)[C@H]1O. The summed E-state index contributed by atoms with van der Waals surface area (Å²) in [7, 11) is 0. The van der Waals surface area contributed by atoms with E-state index in [4.69, 9.17) is 0 Å². The van der Waals surface area contributed by atoms with Gasteiger partial charge in [0, 0.05) is 0 Å². The van der Waals surface area contributed by atoms with E-state index in [9.17, 15) is 20.4 Å². The highest BCUT2D eigenvalue weighted by Gasteiger charge is 2.40. The molecule has 3 aromatic carbocycles. The molecule has 0 radical (unpaired) electrons. The van der Waals surface area contributed by atoms with Crippen LogP contribution in [0.3, 0.4) is 0 Å². The van der Waals surface area contributed by atoms with E-state index in [1.165, 1.54) is 0 Å². The molecule has 22 heavy (non-hydrogen) atoms. The second kappa shape index (κ2) is 4.76. The summed E-state index contributed by atoms with van der Waals surface area (Å²) in [4.78, 5) is 0. The number of aliphatic hydroxyl groups excluding tert-OH is 4. The minimum atomic E-state index is -1.40. The molecule has 0 aromatic heterocycles. The van der Waals surface area contributed by atoms with Gasteiger partial charge in [0.2, 0.25) is 0 Å². The zero-order valence-corrected chi connectivity index (χ0v) is 11.7. The maximum atomic E-state index is 10.4. The first-order chi connectivity index (χ1) is 10.6. The summed E-state index contributed by atoms with van der Waals surface area (Å²) >= 11 is 0. The number of hydrogen-bond donors (Lipinski definition) is 4. The highest BCUT2D eigenvalue weighted by Crippen LogP contribution is 2.41. The fourth-order valence-electron chi connectivity index (χ4n) is 3.37. The molecular formula is C18H16O4. The first-order valence-electron chi connectivity index (χ1n) is 7.25. The Kier molecular flexibility index (Phi) is 2.96. The quantitative estimate of drug-likeness (QED) is 0.477. The van der Waals surface area contributed by atoms with Crippen molar-refractivity contribution in [3.05, 3.63) is 59.7 Å². The van der Waals surface area contributed by atoms with Gasteiger partial charge in [0.1, 0.15) is 24.4 Å². The van der Waals surface area contributed by atoms with Crippen LogP contribution < -0.4 is 0 Å². The summed E-state index contributed by atoms with van der Waals surface area (Å²) < 4.78 is 0. The van der Waals surface area contributed by atoms with Crippen molar-refractivity contribution in [1.82, 2.24) is 0 Å². The first-order valence-corrected chi connectivity index (χ1v) is 7.25. The summed E-state index contributed by atoms with van der Waals surface area (Å²) in [5.74, 6) is 0. The molecule has 1 aliphatic carbocycles. The lowest BCUT2D eigenvalue weighted by Gasteiger charge is -2.35. The molecule has 0 bridgehead atoms. The summed E-state index contributed by atoms with van der Waals surface area (Å²) in [6, 6.07) is 15.4. The molecule has 4 atom stereocenters. The fraction of sp³-hybridized carbons (Fsp3) is 0.222. The van der Waals surface area contributed by atoms with Gasteiger partial charge in [-0.05, 0) is 44.8 Å². The van der Waals surface area contributed by atoms with Gasteiger partial charge in [0.15, 0.2) is 0 Å². The van der Waals surface area contributed by atoms with Crippen LogP contribution in [0.2, 0.25) is 0 Å². The third-order valence-corrected chi connectivity index (χ3v) is 4.57. The Morgan fingerprint density at radius 3 is 2.00 bits per heavy atom. The zero-order valence-electron chi connectivity index (χ0n) is 11.7. The van der Waals surface area contributed by atoms with E-state index in [1.54, 1.807) is 6.07 Å². The van der Waals surface area contributed by atoms with Crippen molar-refractivity contribution in [2.24, 2.45) is 0 Å². The van der Waals surface area contributed by atoms with Gasteiger partial charge >= 0.3 is 0 Å². The van der Waals surface area contributed by atoms with Crippen LogP contribution in [0.5, 0.6) is 0 Å². The second-order valence-electron chi connectivity index (χ2n) is 5.86. The van der Waals surface area contributed by atoms with Gasteiger partial charge in [0.25, 0.3) is 0 Å². The molecule has 0 saturated carbocycles. The minimum absolute atomic E-state index is 0.466. The molecule has 3 aromatic rings. The number of hydrogen-bond acceptors (Lipinski definition) is 4. The molecular weight excluding hydrogens is 280 g/mol. The molecule has 0 fully saturated rings. The van der Waals surface area contributed by atoms with Gasteiger partial charge in [0.05, 0.1) is 0 Å². The third kappa shape index (κ3) is 1.79. The normalized spacial score (nSPS) is 28.0. The van der Waals surface area contributed by atoms with Crippen LogP contribution in [0.4, 0.5) is 0 Å². The van der Waals surface area contributed by atoms with Crippen molar-refractivity contribution in [3.63, 3.8) is 0 Å². The van der Waals surface area contributed by atoms with Crippen molar-refractivity contribution in [3.8, 4) is 0 Å². The van der Waals surface area contributed by atoms with E-state index in [0.29, 0.717) is 11.1 Å². The first kappa shape index (κ1) is 13.7. The van der Waals surface area contributed by atoms with Gasteiger partial charge in [-0.1, -0.05) is 36.4 Å². The van der Waals surface area contributed by atoms with Crippen LogP contribution in [0.15, 0.2) is 48.5 Å². The van der Waals surface area contributed by atoms with Crippen LogP contribution in [-0.2, 0) is 0 Å². The van der Waals surface area contributed by atoms with E-state index < -0.39 is 24.4 Å². The van der Waals surface area contributed by atoms with Crippen molar-refractivity contribution in [1.29, 1.82) is 0 Å². The smallest absolute Gasteiger partial charge is 0.113 e. The molecule has 0 unspecified atom stereocenters. The Hall–Kier alpha value is -1.98. The van der Waals surface area contributed by atoms with E-state index in [-0.39, 0.29) is 0 Å². The summed E-state index contributed by atoms with van der Waals surface area (Å²) in [5.41, 5.74) is 0.960. The number of benzene rings is 3. The highest BCUT2D eigenvalue weighted by atomic mass is 16.4. The van der Waals surface area contributed by atoms with Crippen LogP contribution in [0.25, 0.3) is 21.5 Å². The van der Waals surface area contributed by atoms with Gasteiger partial charge in [-0.15, -0.1) is 0 Å². The minimum Gasteiger partial charge on any atom is -0.387 e. The second-order valence-corrected chi connectivity index (χ2v) is 5.86. The predicted octanol–water partition coefficient (Wildman–Crippen LogP) is 1.80. The van der Waals surface area contributed by atoms with Gasteiger partial charge in [-0.2, -0.15) is 0 Å². The Morgan fingerprint density at radius 1 is 0.636 bits per heavy atom. The fourth-order valence-corrected chi connectivity index (χ4v) is 3.37. The number of rotatable bonds is 0. The van der Waals surface area contributed by atoms with Crippen molar-refractivity contribution >= 4 is 21.5 Å². The van der Waals surface area contributed by atoms with Crippen LogP contribution in [0, 0.1) is 0 Å². The molecule has 4 N–H and O–H groups in total. The van der Waals surface area contributed by atoms with E-state index in [2.05, 4.69) is 0 Å². The van der Waals surface area contributed by atoms with Gasteiger partial charge in [-0.3, -0.25) is 0 Å². The van der Waals surface area contributed by atoms with E-state index >= 15 is 0 Å². The maximum Gasteiger partial charge on any atom is 0.113 e. The Bertz CT molecular complexity index is 873. The lowest BCUT2D eigenvalue weighted by molar-refractivity contribution is -0.119. The lowest BCUT2D eigenvalue weighted by Crippen LogP contribution is -2.41. The number of aliphatic hydroxyl groups is 4. The average molecular weight is 296 g/mol. The third-order valence-electron chi connectivity index (χ3n) is 4.57. The Labute approximate surface area is 126 Å².